The average molecular weight is 354 g/mol. The number of para-hydroxylation sites is 1. The summed E-state index contributed by atoms with van der Waals surface area (Å²) in [4.78, 5) is 16.2. The highest BCUT2D eigenvalue weighted by atomic mass is 32.2. The fourth-order valence-electron chi connectivity index (χ4n) is 2.72. The van der Waals surface area contributed by atoms with E-state index in [-0.39, 0.29) is 12.5 Å². The second-order valence-electron chi connectivity index (χ2n) is 5.87. The number of carbonyl (C=O) groups is 1. The van der Waals surface area contributed by atoms with Crippen molar-refractivity contribution in [3.63, 3.8) is 0 Å². The third-order valence-electron chi connectivity index (χ3n) is 3.94. The Morgan fingerprint density at radius 1 is 1.16 bits per heavy atom. The summed E-state index contributed by atoms with van der Waals surface area (Å²) in [6.07, 6.45) is 0. The first-order valence-electron chi connectivity index (χ1n) is 8.25. The molecular formula is C20H22N2O2S. The third-order valence-corrected chi connectivity index (χ3v) is 5.07. The molecule has 0 aliphatic heterocycles. The monoisotopic (exact) mass is 354 g/mol. The molecule has 0 aliphatic rings. The van der Waals surface area contributed by atoms with Crippen LogP contribution in [0.1, 0.15) is 5.56 Å². The van der Waals surface area contributed by atoms with Crippen LogP contribution < -0.4 is 5.32 Å². The van der Waals surface area contributed by atoms with Gasteiger partial charge >= 0.3 is 0 Å². The molecule has 0 unspecified atom stereocenters. The van der Waals surface area contributed by atoms with Crippen LogP contribution in [0, 0.1) is 6.92 Å². The first-order valence-corrected chi connectivity index (χ1v) is 9.24. The molecule has 0 aliphatic carbocycles. The van der Waals surface area contributed by atoms with Crippen molar-refractivity contribution in [1.82, 2.24) is 10.3 Å². The minimum Gasteiger partial charge on any atom is -0.375 e. The highest BCUT2D eigenvalue weighted by Gasteiger charge is 2.13. The Kier molecular flexibility index (Phi) is 5.79. The zero-order valence-corrected chi connectivity index (χ0v) is 15.3. The summed E-state index contributed by atoms with van der Waals surface area (Å²) in [5.41, 5.74) is 4.68. The number of carbonyl (C=O) groups excluding carboxylic acids is 1. The van der Waals surface area contributed by atoms with Crippen LogP contribution in [0.15, 0.2) is 53.4 Å². The van der Waals surface area contributed by atoms with Crippen molar-refractivity contribution >= 4 is 28.6 Å². The summed E-state index contributed by atoms with van der Waals surface area (Å²) in [6, 6.07) is 16.9. The number of nitrogens with one attached hydrogen (secondary N) is 2. The van der Waals surface area contributed by atoms with Crippen molar-refractivity contribution in [3.8, 4) is 11.3 Å². The van der Waals surface area contributed by atoms with Crippen LogP contribution in [0.25, 0.3) is 22.2 Å². The van der Waals surface area contributed by atoms with Gasteiger partial charge in [0.25, 0.3) is 0 Å². The molecule has 0 bridgehead atoms. The second kappa shape index (κ2) is 8.23. The minimum atomic E-state index is -0.0826. The van der Waals surface area contributed by atoms with Gasteiger partial charge in [-0.3, -0.25) is 4.79 Å². The quantitative estimate of drug-likeness (QED) is 0.498. The second-order valence-corrected chi connectivity index (χ2v) is 6.98. The smallest absolute Gasteiger partial charge is 0.246 e. The fourth-order valence-corrected chi connectivity index (χ4v) is 3.77. The van der Waals surface area contributed by atoms with E-state index < -0.39 is 0 Å². The van der Waals surface area contributed by atoms with Gasteiger partial charge < -0.3 is 15.0 Å². The molecule has 0 radical (unpaired) electrons. The van der Waals surface area contributed by atoms with Crippen molar-refractivity contribution in [2.24, 2.45) is 0 Å². The molecule has 0 spiro atoms. The van der Waals surface area contributed by atoms with Crippen LogP contribution in [0.3, 0.4) is 0 Å². The summed E-state index contributed by atoms with van der Waals surface area (Å²) < 4.78 is 4.83. The van der Waals surface area contributed by atoms with Gasteiger partial charge in [0, 0.05) is 35.2 Å². The van der Waals surface area contributed by atoms with Crippen LogP contribution in [-0.2, 0) is 9.53 Å². The van der Waals surface area contributed by atoms with E-state index in [1.165, 1.54) is 28.5 Å². The van der Waals surface area contributed by atoms with Crippen LogP contribution in [0.4, 0.5) is 0 Å². The predicted molar refractivity (Wildman–Crippen MR) is 104 cm³/mol. The van der Waals surface area contributed by atoms with Crippen molar-refractivity contribution in [1.29, 1.82) is 0 Å². The number of fused-ring (bicyclic) bond motifs is 1. The van der Waals surface area contributed by atoms with Gasteiger partial charge in [-0.2, -0.15) is 0 Å². The van der Waals surface area contributed by atoms with Gasteiger partial charge in [-0.15, -0.1) is 11.8 Å². The van der Waals surface area contributed by atoms with Gasteiger partial charge in [0.05, 0.1) is 5.69 Å². The molecule has 2 N–H and O–H groups in total. The molecule has 3 rings (SSSR count). The molecule has 4 nitrogen and oxygen atoms in total. The number of rotatable bonds is 7. The number of ether oxygens (including phenoxy) is 1. The minimum absolute atomic E-state index is 0.0826. The first-order chi connectivity index (χ1) is 12.2. The Morgan fingerprint density at radius 2 is 1.92 bits per heavy atom. The van der Waals surface area contributed by atoms with Crippen LogP contribution in [0.5, 0.6) is 0 Å². The molecule has 25 heavy (non-hydrogen) atoms. The van der Waals surface area contributed by atoms with E-state index in [9.17, 15) is 4.79 Å². The lowest BCUT2D eigenvalue weighted by Crippen LogP contribution is -2.29. The normalized spacial score (nSPS) is 11.0. The molecule has 2 aromatic carbocycles. The maximum absolute atomic E-state index is 11.5. The number of benzene rings is 2. The fraction of sp³-hybridized carbons (Fsp3) is 0.250. The molecule has 130 valence electrons. The maximum atomic E-state index is 11.5. The van der Waals surface area contributed by atoms with Crippen LogP contribution in [0.2, 0.25) is 0 Å². The number of aromatic nitrogens is 1. The van der Waals surface area contributed by atoms with Crippen molar-refractivity contribution in [2.75, 3.05) is 26.0 Å². The van der Waals surface area contributed by atoms with Crippen molar-refractivity contribution < 1.29 is 9.53 Å². The van der Waals surface area contributed by atoms with Gasteiger partial charge in [-0.25, -0.2) is 0 Å². The molecule has 3 aromatic rings. The summed E-state index contributed by atoms with van der Waals surface area (Å²) in [5.74, 6) is 0.719. The number of hydrogen-bond acceptors (Lipinski definition) is 3. The summed E-state index contributed by atoms with van der Waals surface area (Å²) >= 11 is 1.76. The lowest BCUT2D eigenvalue weighted by Gasteiger charge is -2.07. The first kappa shape index (κ1) is 17.6. The molecule has 0 fully saturated rings. The van der Waals surface area contributed by atoms with Gasteiger partial charge in [-0.1, -0.05) is 48.0 Å². The number of amides is 1. The van der Waals surface area contributed by atoms with Gasteiger partial charge in [0.15, 0.2) is 0 Å². The zero-order chi connectivity index (χ0) is 17.6. The van der Waals surface area contributed by atoms with E-state index in [0.29, 0.717) is 6.54 Å². The number of hydrogen-bond donors (Lipinski definition) is 2. The Bertz CT molecular complexity index is 856. The van der Waals surface area contributed by atoms with E-state index in [2.05, 4.69) is 59.7 Å². The predicted octanol–water partition coefficient (Wildman–Crippen LogP) is 4.00. The lowest BCUT2D eigenvalue weighted by molar-refractivity contribution is -0.124. The topological polar surface area (TPSA) is 54.1 Å². The molecule has 0 saturated heterocycles. The maximum Gasteiger partial charge on any atom is 0.246 e. The molecule has 0 saturated carbocycles. The standard InChI is InChI=1S/C20H22N2O2S/c1-14-7-9-15(10-8-14)19-20(16-5-3-4-6-17(16)22-19)25-12-11-21-18(23)13-24-2/h3-10,22H,11-13H2,1-2H3,(H,21,23). The third kappa shape index (κ3) is 4.24. The number of H-pyrrole nitrogens is 1. The molecule has 1 aromatic heterocycles. The molecule has 5 heteroatoms. The van der Waals surface area contributed by atoms with Crippen LogP contribution >= 0.6 is 11.8 Å². The number of aromatic amines is 1. The number of aryl methyl sites for hydroxylation is 1. The van der Waals surface area contributed by atoms with E-state index >= 15 is 0 Å². The Labute approximate surface area is 152 Å². The van der Waals surface area contributed by atoms with Gasteiger partial charge in [-0.05, 0) is 18.6 Å². The number of thioether (sulfide) groups is 1. The van der Waals surface area contributed by atoms with Crippen LogP contribution in [-0.4, -0.2) is 36.9 Å². The molecule has 1 heterocycles. The largest absolute Gasteiger partial charge is 0.375 e. The number of methoxy groups -OCH3 is 1. The Hall–Kier alpha value is -2.24. The van der Waals surface area contributed by atoms with E-state index in [1.54, 1.807) is 11.8 Å². The lowest BCUT2D eigenvalue weighted by atomic mass is 10.1. The van der Waals surface area contributed by atoms with Crippen molar-refractivity contribution in [2.45, 2.75) is 11.8 Å². The SMILES string of the molecule is COCC(=O)NCCSc1c(-c2ccc(C)cc2)[nH]c2ccccc12. The van der Waals surface area contributed by atoms with Crippen molar-refractivity contribution in [3.05, 3.63) is 54.1 Å². The molecular weight excluding hydrogens is 332 g/mol. The summed E-state index contributed by atoms with van der Waals surface area (Å²) in [5, 5.41) is 4.08. The average Bonchev–Trinajstić information content (AvgIpc) is 2.98. The Morgan fingerprint density at radius 3 is 2.68 bits per heavy atom. The van der Waals surface area contributed by atoms with Gasteiger partial charge in [0.2, 0.25) is 5.91 Å². The Balaban J connectivity index is 1.81. The van der Waals surface area contributed by atoms with Gasteiger partial charge in [0.1, 0.15) is 6.61 Å². The van der Waals surface area contributed by atoms with E-state index in [4.69, 9.17) is 4.74 Å². The summed E-state index contributed by atoms with van der Waals surface area (Å²) in [6.45, 7) is 2.80. The summed E-state index contributed by atoms with van der Waals surface area (Å²) in [7, 11) is 1.52. The van der Waals surface area contributed by atoms with E-state index in [1.807, 2.05) is 6.07 Å². The highest BCUT2D eigenvalue weighted by Crippen LogP contribution is 2.37. The highest BCUT2D eigenvalue weighted by molar-refractivity contribution is 7.99. The zero-order valence-electron chi connectivity index (χ0n) is 14.5. The molecule has 0 atom stereocenters. The molecule has 1 amide bonds. The van der Waals surface area contributed by atoms with E-state index in [0.717, 1.165) is 17.0 Å².